The maximum absolute atomic E-state index is 10.5. The van der Waals surface area contributed by atoms with Gasteiger partial charge in [0.25, 0.3) is 0 Å². The number of nitrogens with two attached hydrogens (primary N) is 1. The van der Waals surface area contributed by atoms with Gasteiger partial charge in [-0.15, -0.1) is 0 Å². The van der Waals surface area contributed by atoms with Crippen molar-refractivity contribution in [1.82, 2.24) is 0 Å². The third-order valence-corrected chi connectivity index (χ3v) is 3.42. The van der Waals surface area contributed by atoms with Crippen molar-refractivity contribution >= 4 is 17.3 Å². The van der Waals surface area contributed by atoms with Crippen LogP contribution in [0.2, 0.25) is 5.02 Å². The third-order valence-electron chi connectivity index (χ3n) is 3.18. The van der Waals surface area contributed by atoms with Crippen molar-refractivity contribution in [3.8, 4) is 5.75 Å². The number of rotatable bonds is 3. The van der Waals surface area contributed by atoms with E-state index in [4.69, 9.17) is 22.1 Å². The molecule has 0 aromatic heterocycles. The van der Waals surface area contributed by atoms with Gasteiger partial charge in [0.1, 0.15) is 11.9 Å². The highest BCUT2D eigenvalue weighted by molar-refractivity contribution is 6.30. The summed E-state index contributed by atoms with van der Waals surface area (Å²) < 4.78 is 5.26. The van der Waals surface area contributed by atoms with Crippen LogP contribution in [0.4, 0.5) is 5.69 Å². The molecule has 2 rings (SSSR count). The maximum atomic E-state index is 10.5. The van der Waals surface area contributed by atoms with Gasteiger partial charge in [0, 0.05) is 16.3 Å². The summed E-state index contributed by atoms with van der Waals surface area (Å²) >= 11 is 5.96. The van der Waals surface area contributed by atoms with Gasteiger partial charge in [0.05, 0.1) is 7.11 Å². The van der Waals surface area contributed by atoms with Gasteiger partial charge >= 0.3 is 0 Å². The Bertz CT molecular complexity index is 599. The molecular weight excluding hydrogens is 262 g/mol. The predicted molar refractivity (Wildman–Crippen MR) is 77.7 cm³/mol. The van der Waals surface area contributed by atoms with E-state index in [-0.39, 0.29) is 0 Å². The van der Waals surface area contributed by atoms with Gasteiger partial charge in [-0.3, -0.25) is 0 Å². The van der Waals surface area contributed by atoms with E-state index in [0.717, 1.165) is 16.9 Å². The van der Waals surface area contributed by atoms with Crippen LogP contribution in [-0.2, 0) is 0 Å². The lowest BCUT2D eigenvalue weighted by atomic mass is 9.96. The number of aliphatic hydroxyl groups excluding tert-OH is 1. The molecule has 0 bridgehead atoms. The number of nitrogen functional groups attached to an aromatic ring is 1. The molecule has 0 aliphatic carbocycles. The van der Waals surface area contributed by atoms with E-state index in [2.05, 4.69) is 0 Å². The predicted octanol–water partition coefficient (Wildman–Crippen LogP) is 3.32. The Morgan fingerprint density at radius 3 is 2.63 bits per heavy atom. The van der Waals surface area contributed by atoms with E-state index in [0.29, 0.717) is 16.3 Å². The number of methoxy groups -OCH3 is 1. The van der Waals surface area contributed by atoms with Crippen LogP contribution in [-0.4, -0.2) is 12.2 Å². The molecule has 4 heteroatoms. The van der Waals surface area contributed by atoms with Crippen molar-refractivity contribution < 1.29 is 9.84 Å². The molecule has 0 aliphatic heterocycles. The third kappa shape index (κ3) is 2.67. The molecule has 1 atom stereocenters. The van der Waals surface area contributed by atoms with Crippen molar-refractivity contribution in [1.29, 1.82) is 0 Å². The lowest BCUT2D eigenvalue weighted by Crippen LogP contribution is -2.06. The molecule has 3 N–H and O–H groups in total. The summed E-state index contributed by atoms with van der Waals surface area (Å²) in [4.78, 5) is 0. The first-order chi connectivity index (χ1) is 9.04. The van der Waals surface area contributed by atoms with Crippen LogP contribution in [0.15, 0.2) is 36.4 Å². The molecule has 0 saturated carbocycles. The Balaban J connectivity index is 2.50. The van der Waals surface area contributed by atoms with Crippen LogP contribution >= 0.6 is 11.6 Å². The zero-order chi connectivity index (χ0) is 14.0. The van der Waals surface area contributed by atoms with Crippen molar-refractivity contribution in [2.45, 2.75) is 13.0 Å². The summed E-state index contributed by atoms with van der Waals surface area (Å²) in [5.41, 5.74) is 8.66. The van der Waals surface area contributed by atoms with Gasteiger partial charge in [-0.1, -0.05) is 23.7 Å². The molecular formula is C15H16ClNO2. The molecule has 0 fully saturated rings. The van der Waals surface area contributed by atoms with Gasteiger partial charge in [-0.2, -0.15) is 0 Å². The quantitative estimate of drug-likeness (QED) is 0.846. The number of ether oxygens (including phenoxy) is 1. The fraction of sp³-hybridized carbons (Fsp3) is 0.200. The first kappa shape index (κ1) is 13.7. The molecule has 0 radical (unpaired) electrons. The van der Waals surface area contributed by atoms with E-state index in [1.807, 2.05) is 25.1 Å². The summed E-state index contributed by atoms with van der Waals surface area (Å²) in [6.45, 7) is 1.90. The number of aliphatic hydroxyl groups is 1. The molecule has 100 valence electrons. The molecule has 0 saturated heterocycles. The summed E-state index contributed by atoms with van der Waals surface area (Å²) in [6.07, 6.45) is -0.825. The lowest BCUT2D eigenvalue weighted by molar-refractivity contribution is 0.219. The second kappa shape index (κ2) is 5.51. The van der Waals surface area contributed by atoms with Crippen LogP contribution in [0, 0.1) is 6.92 Å². The van der Waals surface area contributed by atoms with Crippen LogP contribution < -0.4 is 10.5 Å². The topological polar surface area (TPSA) is 55.5 Å². The number of benzene rings is 2. The second-order valence-corrected chi connectivity index (χ2v) is 4.79. The van der Waals surface area contributed by atoms with Gasteiger partial charge in [0.15, 0.2) is 0 Å². The summed E-state index contributed by atoms with van der Waals surface area (Å²) in [6, 6.07) is 10.6. The number of halogens is 1. The zero-order valence-electron chi connectivity index (χ0n) is 10.9. The number of hydrogen-bond donors (Lipinski definition) is 2. The fourth-order valence-corrected chi connectivity index (χ4v) is 2.28. The first-order valence-corrected chi connectivity index (χ1v) is 6.29. The van der Waals surface area contributed by atoms with Gasteiger partial charge in [0.2, 0.25) is 0 Å². The average molecular weight is 278 g/mol. The molecule has 0 spiro atoms. The Labute approximate surface area is 117 Å². The largest absolute Gasteiger partial charge is 0.496 e. The molecule has 0 aliphatic rings. The smallest absolute Gasteiger partial charge is 0.122 e. The Hall–Kier alpha value is -1.71. The van der Waals surface area contributed by atoms with Crippen molar-refractivity contribution in [3.63, 3.8) is 0 Å². The van der Waals surface area contributed by atoms with E-state index in [1.165, 1.54) is 0 Å². The minimum Gasteiger partial charge on any atom is -0.496 e. The molecule has 2 aromatic rings. The molecule has 3 nitrogen and oxygen atoms in total. The Morgan fingerprint density at radius 1 is 1.21 bits per heavy atom. The van der Waals surface area contributed by atoms with Gasteiger partial charge in [-0.25, -0.2) is 0 Å². The molecule has 0 amide bonds. The standard InChI is InChI=1S/C15H16ClNO2/c1-9-11(4-3-5-14(9)19-2)15(18)12-8-10(16)6-7-13(12)17/h3-8,15,18H,17H2,1-2H3/t15-/m1/s1. The van der Waals surface area contributed by atoms with E-state index in [9.17, 15) is 5.11 Å². The van der Waals surface area contributed by atoms with Crippen LogP contribution in [0.25, 0.3) is 0 Å². The average Bonchev–Trinajstić information content (AvgIpc) is 2.41. The van der Waals surface area contributed by atoms with Gasteiger partial charge in [-0.05, 0) is 42.3 Å². The van der Waals surface area contributed by atoms with Crippen LogP contribution in [0.1, 0.15) is 22.8 Å². The van der Waals surface area contributed by atoms with E-state index < -0.39 is 6.10 Å². The molecule has 2 aromatic carbocycles. The Kier molecular flexibility index (Phi) is 3.98. The molecule has 0 unspecified atom stereocenters. The van der Waals surface area contributed by atoms with Crippen LogP contribution in [0.5, 0.6) is 5.75 Å². The fourth-order valence-electron chi connectivity index (χ4n) is 2.10. The van der Waals surface area contributed by atoms with Crippen molar-refractivity contribution in [2.24, 2.45) is 0 Å². The summed E-state index contributed by atoms with van der Waals surface area (Å²) in [5, 5.41) is 11.0. The first-order valence-electron chi connectivity index (χ1n) is 5.91. The van der Waals surface area contributed by atoms with E-state index >= 15 is 0 Å². The van der Waals surface area contributed by atoms with E-state index in [1.54, 1.807) is 25.3 Å². The minimum atomic E-state index is -0.825. The van der Waals surface area contributed by atoms with Gasteiger partial charge < -0.3 is 15.6 Å². The number of hydrogen-bond acceptors (Lipinski definition) is 3. The highest BCUT2D eigenvalue weighted by Crippen LogP contribution is 2.33. The Morgan fingerprint density at radius 2 is 1.95 bits per heavy atom. The lowest BCUT2D eigenvalue weighted by Gasteiger charge is -2.18. The van der Waals surface area contributed by atoms with Crippen molar-refractivity contribution in [2.75, 3.05) is 12.8 Å². The number of anilines is 1. The summed E-state index contributed by atoms with van der Waals surface area (Å²) in [7, 11) is 1.60. The molecule has 0 heterocycles. The maximum Gasteiger partial charge on any atom is 0.122 e. The highest BCUT2D eigenvalue weighted by atomic mass is 35.5. The SMILES string of the molecule is COc1cccc([C@@H](O)c2cc(Cl)ccc2N)c1C. The second-order valence-electron chi connectivity index (χ2n) is 4.35. The van der Waals surface area contributed by atoms with Crippen molar-refractivity contribution in [3.05, 3.63) is 58.1 Å². The van der Waals surface area contributed by atoms with Crippen LogP contribution in [0.3, 0.4) is 0 Å². The monoisotopic (exact) mass is 277 g/mol. The minimum absolute atomic E-state index is 0.513. The normalized spacial score (nSPS) is 12.2. The highest BCUT2D eigenvalue weighted by Gasteiger charge is 2.17. The summed E-state index contributed by atoms with van der Waals surface area (Å²) in [5.74, 6) is 0.733. The molecule has 19 heavy (non-hydrogen) atoms. The zero-order valence-corrected chi connectivity index (χ0v) is 11.6.